The summed E-state index contributed by atoms with van der Waals surface area (Å²) in [5, 5.41) is 2.94. The van der Waals surface area contributed by atoms with Gasteiger partial charge in [0, 0.05) is 29.6 Å². The Morgan fingerprint density at radius 3 is 2.31 bits per heavy atom. The van der Waals surface area contributed by atoms with Gasteiger partial charge in [0.15, 0.2) is 0 Å². The monoisotopic (exact) mass is 346 g/mol. The van der Waals surface area contributed by atoms with Crippen molar-refractivity contribution in [3.8, 4) is 0 Å². The molecule has 2 aromatic rings. The Morgan fingerprint density at radius 2 is 1.65 bits per heavy atom. The van der Waals surface area contributed by atoms with Crippen LogP contribution in [0.3, 0.4) is 0 Å². The lowest BCUT2D eigenvalue weighted by Gasteiger charge is -2.18. The van der Waals surface area contributed by atoms with E-state index in [-0.39, 0.29) is 11.8 Å². The van der Waals surface area contributed by atoms with E-state index in [1.807, 2.05) is 42.5 Å². The molecule has 1 unspecified atom stereocenters. The zero-order chi connectivity index (χ0) is 18.5. The zero-order valence-electron chi connectivity index (χ0n) is 15.0. The van der Waals surface area contributed by atoms with Gasteiger partial charge in [-0.3, -0.25) is 9.59 Å². The Bertz CT molecular complexity index is 851. The number of anilines is 1. The van der Waals surface area contributed by atoms with Crippen molar-refractivity contribution in [2.45, 2.75) is 13.3 Å². The maximum Gasteiger partial charge on any atom is 0.258 e. The third-order valence-corrected chi connectivity index (χ3v) is 4.40. The topological polar surface area (TPSA) is 49.4 Å². The second-order valence-electron chi connectivity index (χ2n) is 6.49. The number of nitrogens with one attached hydrogen (secondary N) is 1. The van der Waals surface area contributed by atoms with Crippen molar-refractivity contribution in [1.82, 2.24) is 5.32 Å². The van der Waals surface area contributed by atoms with Gasteiger partial charge in [0.05, 0.1) is 0 Å². The van der Waals surface area contributed by atoms with Crippen LogP contribution < -0.4 is 10.2 Å². The summed E-state index contributed by atoms with van der Waals surface area (Å²) in [5.74, 6) is 0.148. The molecular formula is C22H22N2O2. The van der Waals surface area contributed by atoms with E-state index < -0.39 is 0 Å². The third kappa shape index (κ3) is 4.09. The van der Waals surface area contributed by atoms with Crippen LogP contribution >= 0.6 is 0 Å². The van der Waals surface area contributed by atoms with Crippen LogP contribution in [0, 0.1) is 5.92 Å². The minimum Gasteiger partial charge on any atom is -0.326 e. The van der Waals surface area contributed by atoms with E-state index in [0.29, 0.717) is 17.0 Å². The molecule has 0 saturated carbocycles. The molecule has 1 aliphatic rings. The number of amides is 2. The van der Waals surface area contributed by atoms with Crippen LogP contribution in [0.5, 0.6) is 0 Å². The molecule has 0 fully saturated rings. The predicted molar refractivity (Wildman–Crippen MR) is 104 cm³/mol. The molecule has 0 saturated heterocycles. The maximum absolute atomic E-state index is 12.6. The van der Waals surface area contributed by atoms with E-state index in [1.165, 1.54) is 0 Å². The van der Waals surface area contributed by atoms with Crippen LogP contribution in [-0.2, 0) is 0 Å². The van der Waals surface area contributed by atoms with E-state index in [9.17, 15) is 9.59 Å². The van der Waals surface area contributed by atoms with Gasteiger partial charge in [-0.25, -0.2) is 0 Å². The van der Waals surface area contributed by atoms with E-state index in [1.54, 1.807) is 36.2 Å². The van der Waals surface area contributed by atoms with Gasteiger partial charge < -0.3 is 10.2 Å². The summed E-state index contributed by atoms with van der Waals surface area (Å²) in [4.78, 5) is 26.6. The maximum atomic E-state index is 12.6. The quantitative estimate of drug-likeness (QED) is 0.903. The van der Waals surface area contributed by atoms with Crippen molar-refractivity contribution in [3.05, 3.63) is 89.6 Å². The van der Waals surface area contributed by atoms with E-state index >= 15 is 0 Å². The molecule has 0 radical (unpaired) electrons. The fourth-order valence-electron chi connectivity index (χ4n) is 2.88. The van der Waals surface area contributed by atoms with Crippen LogP contribution in [0.2, 0.25) is 0 Å². The standard InChI is InChI=1S/C22H22N2O2/c1-16-7-6-8-19(15-16)23-21(25)17-11-13-18(14-12-17)22(26)24(2)20-9-4-3-5-10-20/h3-14,16H,15H2,1-2H3,(H,23,25). The highest BCUT2D eigenvalue weighted by Crippen LogP contribution is 2.17. The number of carbonyl (C=O) groups excluding carboxylic acids is 2. The average molecular weight is 346 g/mol. The molecule has 1 N–H and O–H groups in total. The molecular weight excluding hydrogens is 324 g/mol. The SMILES string of the molecule is CC1C=CC=C(NC(=O)c2ccc(C(=O)N(C)c3ccccc3)cc2)C1. The fourth-order valence-corrected chi connectivity index (χ4v) is 2.88. The molecule has 0 aliphatic heterocycles. The molecule has 0 spiro atoms. The van der Waals surface area contributed by atoms with Crippen molar-refractivity contribution < 1.29 is 9.59 Å². The second-order valence-corrected chi connectivity index (χ2v) is 6.49. The third-order valence-electron chi connectivity index (χ3n) is 4.40. The lowest BCUT2D eigenvalue weighted by atomic mass is 10.00. The molecule has 2 amide bonds. The number of hydrogen-bond donors (Lipinski definition) is 1. The highest BCUT2D eigenvalue weighted by Gasteiger charge is 2.15. The van der Waals surface area contributed by atoms with E-state index in [2.05, 4.69) is 18.3 Å². The first-order valence-electron chi connectivity index (χ1n) is 8.66. The van der Waals surface area contributed by atoms with Crippen molar-refractivity contribution >= 4 is 17.5 Å². The Kier molecular flexibility index (Phi) is 5.32. The predicted octanol–water partition coefficient (Wildman–Crippen LogP) is 4.17. The normalized spacial score (nSPS) is 15.9. The summed E-state index contributed by atoms with van der Waals surface area (Å²) in [6.07, 6.45) is 6.82. The van der Waals surface area contributed by atoms with Gasteiger partial charge in [-0.1, -0.05) is 37.3 Å². The molecule has 3 rings (SSSR count). The first-order valence-corrected chi connectivity index (χ1v) is 8.66. The molecule has 132 valence electrons. The number of nitrogens with zero attached hydrogens (tertiary/aromatic N) is 1. The second kappa shape index (κ2) is 7.83. The van der Waals surface area contributed by atoms with E-state index in [4.69, 9.17) is 0 Å². The smallest absolute Gasteiger partial charge is 0.258 e. The Labute approximate surface area is 153 Å². The minimum absolute atomic E-state index is 0.114. The van der Waals surface area contributed by atoms with Gasteiger partial charge in [-0.05, 0) is 54.8 Å². The van der Waals surface area contributed by atoms with Gasteiger partial charge in [0.25, 0.3) is 11.8 Å². The Balaban J connectivity index is 1.68. The summed E-state index contributed by atoms with van der Waals surface area (Å²) in [6.45, 7) is 2.11. The lowest BCUT2D eigenvalue weighted by Crippen LogP contribution is -2.27. The van der Waals surface area contributed by atoms with Crippen molar-refractivity contribution in [2.24, 2.45) is 5.92 Å². The largest absolute Gasteiger partial charge is 0.326 e. The molecule has 1 aliphatic carbocycles. The summed E-state index contributed by atoms with van der Waals surface area (Å²) in [6, 6.07) is 16.2. The van der Waals surface area contributed by atoms with E-state index in [0.717, 1.165) is 17.8 Å². The molecule has 0 aromatic heterocycles. The summed E-state index contributed by atoms with van der Waals surface area (Å²) >= 11 is 0. The van der Waals surface area contributed by atoms with Gasteiger partial charge in [-0.15, -0.1) is 0 Å². The molecule has 0 bridgehead atoms. The first kappa shape index (κ1) is 17.7. The van der Waals surface area contributed by atoms with Crippen LogP contribution in [0.4, 0.5) is 5.69 Å². The summed E-state index contributed by atoms with van der Waals surface area (Å²) < 4.78 is 0. The summed E-state index contributed by atoms with van der Waals surface area (Å²) in [5.41, 5.74) is 2.81. The number of para-hydroxylation sites is 1. The highest BCUT2D eigenvalue weighted by molar-refractivity contribution is 6.06. The van der Waals surface area contributed by atoms with Crippen molar-refractivity contribution in [1.29, 1.82) is 0 Å². The first-order chi connectivity index (χ1) is 12.5. The molecule has 4 heteroatoms. The van der Waals surface area contributed by atoms with Crippen molar-refractivity contribution in [2.75, 3.05) is 11.9 Å². The van der Waals surface area contributed by atoms with Crippen molar-refractivity contribution in [3.63, 3.8) is 0 Å². The Morgan fingerprint density at radius 1 is 1.00 bits per heavy atom. The van der Waals surface area contributed by atoms with Gasteiger partial charge >= 0.3 is 0 Å². The zero-order valence-corrected chi connectivity index (χ0v) is 15.0. The molecule has 0 heterocycles. The lowest BCUT2D eigenvalue weighted by molar-refractivity contribution is 0.0960. The minimum atomic E-state index is -0.158. The highest BCUT2D eigenvalue weighted by atomic mass is 16.2. The van der Waals surface area contributed by atoms with Gasteiger partial charge in [0.1, 0.15) is 0 Å². The van der Waals surface area contributed by atoms with Crippen LogP contribution in [0.25, 0.3) is 0 Å². The van der Waals surface area contributed by atoms with Crippen LogP contribution in [0.1, 0.15) is 34.1 Å². The summed E-state index contributed by atoms with van der Waals surface area (Å²) in [7, 11) is 1.74. The molecule has 1 atom stereocenters. The number of benzene rings is 2. The van der Waals surface area contributed by atoms with Crippen LogP contribution in [-0.4, -0.2) is 18.9 Å². The molecule has 4 nitrogen and oxygen atoms in total. The molecule has 2 aromatic carbocycles. The van der Waals surface area contributed by atoms with Gasteiger partial charge in [-0.2, -0.15) is 0 Å². The number of carbonyl (C=O) groups is 2. The molecule has 26 heavy (non-hydrogen) atoms. The number of rotatable bonds is 4. The number of hydrogen-bond acceptors (Lipinski definition) is 2. The Hall–Kier alpha value is -3.14. The number of allylic oxidation sites excluding steroid dienone is 4. The average Bonchev–Trinajstić information content (AvgIpc) is 2.67. The van der Waals surface area contributed by atoms with Crippen LogP contribution in [0.15, 0.2) is 78.5 Å². The van der Waals surface area contributed by atoms with Gasteiger partial charge in [0.2, 0.25) is 0 Å². The fraction of sp³-hybridized carbons (Fsp3) is 0.182.